The lowest BCUT2D eigenvalue weighted by Gasteiger charge is -1.93. The van der Waals surface area contributed by atoms with E-state index >= 15 is 0 Å². The molecule has 0 aliphatic carbocycles. The van der Waals surface area contributed by atoms with Crippen molar-refractivity contribution in [3.8, 4) is 12.1 Å². The monoisotopic (exact) mass is 216 g/mol. The van der Waals surface area contributed by atoms with Crippen molar-refractivity contribution in [3.63, 3.8) is 0 Å². The second-order valence-corrected chi connectivity index (χ2v) is 4.59. The summed E-state index contributed by atoms with van der Waals surface area (Å²) in [5.41, 5.74) is 1.06. The van der Waals surface area contributed by atoms with Gasteiger partial charge in [0.05, 0.1) is 26.1 Å². The molecule has 4 heteroatoms. The SMILES string of the molecule is N#Cc1cc(C#N)c2sc(S)cc2c1. The molecule has 0 N–H and O–H groups in total. The lowest BCUT2D eigenvalue weighted by Crippen LogP contribution is -1.78. The molecule has 0 bridgehead atoms. The average Bonchev–Trinajstić information content (AvgIpc) is 2.56. The number of fused-ring (bicyclic) bond motifs is 1. The average molecular weight is 216 g/mol. The topological polar surface area (TPSA) is 47.6 Å². The Balaban J connectivity index is 2.89. The predicted octanol–water partition coefficient (Wildman–Crippen LogP) is 2.93. The highest BCUT2D eigenvalue weighted by atomic mass is 32.2. The molecule has 2 nitrogen and oxygen atoms in total. The van der Waals surface area contributed by atoms with Crippen molar-refractivity contribution in [2.24, 2.45) is 0 Å². The minimum absolute atomic E-state index is 0.514. The lowest BCUT2D eigenvalue weighted by atomic mass is 10.1. The van der Waals surface area contributed by atoms with Gasteiger partial charge in [0.1, 0.15) is 6.07 Å². The molecule has 0 atom stereocenters. The zero-order valence-corrected chi connectivity index (χ0v) is 8.69. The van der Waals surface area contributed by atoms with E-state index in [4.69, 9.17) is 10.5 Å². The highest BCUT2D eigenvalue weighted by Gasteiger charge is 2.06. The smallest absolute Gasteiger partial charge is 0.101 e. The summed E-state index contributed by atoms with van der Waals surface area (Å²) >= 11 is 5.67. The van der Waals surface area contributed by atoms with E-state index < -0.39 is 0 Å². The largest absolute Gasteiger partial charge is 0.192 e. The molecule has 0 spiro atoms. The molecule has 0 unspecified atom stereocenters. The second kappa shape index (κ2) is 3.34. The molecule has 0 radical (unpaired) electrons. The van der Waals surface area contributed by atoms with Crippen LogP contribution in [0.1, 0.15) is 11.1 Å². The van der Waals surface area contributed by atoms with E-state index in [0.717, 1.165) is 14.3 Å². The molecule has 2 aromatic rings. The van der Waals surface area contributed by atoms with E-state index in [-0.39, 0.29) is 0 Å². The van der Waals surface area contributed by atoms with Gasteiger partial charge in [-0.2, -0.15) is 10.5 Å². The third-order valence-electron chi connectivity index (χ3n) is 1.85. The van der Waals surface area contributed by atoms with Crippen LogP contribution in [0, 0.1) is 22.7 Å². The molecule has 0 amide bonds. The van der Waals surface area contributed by atoms with Crippen LogP contribution in [0.3, 0.4) is 0 Å². The molecular formula is C10H4N2S2. The van der Waals surface area contributed by atoms with Crippen molar-refractivity contribution in [1.82, 2.24) is 0 Å². The summed E-state index contributed by atoms with van der Waals surface area (Å²) in [6, 6.07) is 9.35. The van der Waals surface area contributed by atoms with E-state index in [2.05, 4.69) is 18.7 Å². The first-order chi connectivity index (χ1) is 6.74. The van der Waals surface area contributed by atoms with Gasteiger partial charge < -0.3 is 0 Å². The first kappa shape index (κ1) is 9.08. The van der Waals surface area contributed by atoms with Crippen LogP contribution in [-0.4, -0.2) is 0 Å². The summed E-state index contributed by atoms with van der Waals surface area (Å²) in [4.78, 5) is 0. The van der Waals surface area contributed by atoms with Crippen molar-refractivity contribution >= 4 is 34.1 Å². The first-order valence-electron chi connectivity index (χ1n) is 3.81. The number of rotatable bonds is 0. The second-order valence-electron chi connectivity index (χ2n) is 2.75. The van der Waals surface area contributed by atoms with E-state index in [9.17, 15) is 0 Å². The number of thiol groups is 1. The summed E-state index contributed by atoms with van der Waals surface area (Å²) in [6.07, 6.45) is 0. The van der Waals surface area contributed by atoms with Crippen molar-refractivity contribution in [1.29, 1.82) is 10.5 Å². The van der Waals surface area contributed by atoms with Gasteiger partial charge in [-0.1, -0.05) is 0 Å². The third kappa shape index (κ3) is 1.35. The van der Waals surface area contributed by atoms with E-state index in [1.54, 1.807) is 12.1 Å². The Kier molecular flexibility index (Phi) is 2.17. The van der Waals surface area contributed by atoms with Crippen LogP contribution in [-0.2, 0) is 0 Å². The maximum Gasteiger partial charge on any atom is 0.101 e. The van der Waals surface area contributed by atoms with Crippen molar-refractivity contribution in [3.05, 3.63) is 29.3 Å². The quantitative estimate of drug-likeness (QED) is 0.688. The Labute approximate surface area is 90.4 Å². The number of thiophene rings is 1. The fourth-order valence-electron chi connectivity index (χ4n) is 1.29. The molecule has 0 saturated heterocycles. The van der Waals surface area contributed by atoms with Crippen molar-refractivity contribution in [2.75, 3.05) is 0 Å². The number of hydrogen-bond donors (Lipinski definition) is 1. The molecule has 0 aliphatic rings. The van der Waals surface area contributed by atoms with E-state index in [1.807, 2.05) is 12.1 Å². The molecule has 0 aliphatic heterocycles. The van der Waals surface area contributed by atoms with Gasteiger partial charge in [-0.3, -0.25) is 0 Å². The van der Waals surface area contributed by atoms with Crippen LogP contribution < -0.4 is 0 Å². The first-order valence-corrected chi connectivity index (χ1v) is 5.07. The highest BCUT2D eigenvalue weighted by Crippen LogP contribution is 2.31. The Bertz CT molecular complexity index is 584. The van der Waals surface area contributed by atoms with Crippen molar-refractivity contribution in [2.45, 2.75) is 4.21 Å². The van der Waals surface area contributed by atoms with Crippen LogP contribution in [0.15, 0.2) is 22.4 Å². The summed E-state index contributed by atoms with van der Waals surface area (Å²) < 4.78 is 1.75. The maximum absolute atomic E-state index is 8.89. The van der Waals surface area contributed by atoms with Gasteiger partial charge in [0.2, 0.25) is 0 Å². The normalized spacial score (nSPS) is 9.64. The Morgan fingerprint density at radius 3 is 2.57 bits per heavy atom. The molecule has 14 heavy (non-hydrogen) atoms. The van der Waals surface area contributed by atoms with E-state index in [1.165, 1.54) is 11.3 Å². The van der Waals surface area contributed by atoms with Gasteiger partial charge in [-0.05, 0) is 23.6 Å². The molecule has 0 fully saturated rings. The number of nitrogens with zero attached hydrogens (tertiary/aromatic N) is 2. The standard InChI is InChI=1S/C10H4N2S2/c11-4-6-1-7-3-9(13)14-10(7)8(2-6)5-12/h1-3,13H. The molecule has 0 saturated carbocycles. The summed E-state index contributed by atoms with van der Waals surface area (Å²) in [7, 11) is 0. The predicted molar refractivity (Wildman–Crippen MR) is 58.5 cm³/mol. The molecule has 1 aromatic carbocycles. The van der Waals surface area contributed by atoms with Gasteiger partial charge in [-0.25, -0.2) is 0 Å². The van der Waals surface area contributed by atoms with Gasteiger partial charge in [0.25, 0.3) is 0 Å². The Hall–Kier alpha value is -1.49. The third-order valence-corrected chi connectivity index (χ3v) is 3.24. The fourth-order valence-corrected chi connectivity index (χ4v) is 2.55. The van der Waals surface area contributed by atoms with Crippen LogP contribution >= 0.6 is 24.0 Å². The molecule has 1 aromatic heterocycles. The van der Waals surface area contributed by atoms with Gasteiger partial charge in [0.15, 0.2) is 0 Å². The minimum Gasteiger partial charge on any atom is -0.192 e. The van der Waals surface area contributed by atoms with Crippen LogP contribution in [0.5, 0.6) is 0 Å². The molecular weight excluding hydrogens is 212 g/mol. The van der Waals surface area contributed by atoms with Gasteiger partial charge in [-0.15, -0.1) is 24.0 Å². The molecule has 66 valence electrons. The summed E-state index contributed by atoms with van der Waals surface area (Å²) in [5, 5.41) is 18.5. The Morgan fingerprint density at radius 1 is 1.14 bits per heavy atom. The van der Waals surface area contributed by atoms with Crippen LogP contribution in [0.2, 0.25) is 0 Å². The molecule has 2 rings (SSSR count). The van der Waals surface area contributed by atoms with E-state index in [0.29, 0.717) is 11.1 Å². The van der Waals surface area contributed by atoms with Gasteiger partial charge >= 0.3 is 0 Å². The number of hydrogen-bond acceptors (Lipinski definition) is 4. The van der Waals surface area contributed by atoms with Crippen LogP contribution in [0.25, 0.3) is 10.1 Å². The van der Waals surface area contributed by atoms with Crippen molar-refractivity contribution < 1.29 is 0 Å². The number of nitriles is 2. The van der Waals surface area contributed by atoms with Crippen LogP contribution in [0.4, 0.5) is 0 Å². The highest BCUT2D eigenvalue weighted by molar-refractivity contribution is 7.83. The zero-order valence-electron chi connectivity index (χ0n) is 6.98. The Morgan fingerprint density at radius 2 is 1.93 bits per heavy atom. The molecule has 1 heterocycles. The van der Waals surface area contributed by atoms with Gasteiger partial charge in [0, 0.05) is 0 Å². The zero-order chi connectivity index (χ0) is 10.1. The lowest BCUT2D eigenvalue weighted by molar-refractivity contribution is 1.47. The minimum atomic E-state index is 0.514. The summed E-state index contributed by atoms with van der Waals surface area (Å²) in [6.45, 7) is 0. The summed E-state index contributed by atoms with van der Waals surface area (Å²) in [5.74, 6) is 0. The fraction of sp³-hybridized carbons (Fsp3) is 0. The number of benzene rings is 1. The maximum atomic E-state index is 8.89.